The SMILES string of the molecule is NC(N)=NCCCC(C=O)NC(=O)CN1CCCCC(NS(=O)O)C1=O. The monoisotopic (exact) mass is 390 g/mol. The van der Waals surface area contributed by atoms with E-state index in [4.69, 9.17) is 16.0 Å². The van der Waals surface area contributed by atoms with E-state index in [1.165, 1.54) is 4.90 Å². The summed E-state index contributed by atoms with van der Waals surface area (Å²) in [4.78, 5) is 40.7. The molecule has 0 aliphatic carbocycles. The summed E-state index contributed by atoms with van der Waals surface area (Å²) < 4.78 is 22.1. The lowest BCUT2D eigenvalue weighted by Crippen LogP contribution is -2.50. The average Bonchev–Trinajstić information content (AvgIpc) is 2.73. The van der Waals surface area contributed by atoms with Gasteiger partial charge >= 0.3 is 0 Å². The number of aliphatic imine (C=N–C) groups is 1. The van der Waals surface area contributed by atoms with Gasteiger partial charge in [-0.3, -0.25) is 19.1 Å². The molecule has 1 heterocycles. The average molecular weight is 390 g/mol. The number of hydrogen-bond donors (Lipinski definition) is 5. The smallest absolute Gasteiger partial charge is 0.241 e. The van der Waals surface area contributed by atoms with Crippen LogP contribution in [0.25, 0.3) is 0 Å². The van der Waals surface area contributed by atoms with E-state index >= 15 is 0 Å². The molecule has 7 N–H and O–H groups in total. The van der Waals surface area contributed by atoms with Crippen LogP contribution < -0.4 is 21.5 Å². The van der Waals surface area contributed by atoms with Gasteiger partial charge in [0, 0.05) is 13.1 Å². The predicted octanol–water partition coefficient (Wildman–Crippen LogP) is -2.17. The van der Waals surface area contributed by atoms with Crippen molar-refractivity contribution in [3.63, 3.8) is 0 Å². The molecule has 1 rings (SSSR count). The number of carbonyl (C=O) groups is 3. The molecule has 0 bridgehead atoms. The van der Waals surface area contributed by atoms with E-state index in [1.807, 2.05) is 0 Å². The van der Waals surface area contributed by atoms with Crippen LogP contribution in [-0.2, 0) is 25.7 Å². The van der Waals surface area contributed by atoms with Crippen LogP contribution in [0, 0.1) is 0 Å². The van der Waals surface area contributed by atoms with Gasteiger partial charge in [0.05, 0.1) is 12.6 Å². The molecule has 0 saturated carbocycles. The number of aldehydes is 1. The first-order valence-corrected chi connectivity index (χ1v) is 9.40. The van der Waals surface area contributed by atoms with Crippen LogP contribution in [0.15, 0.2) is 4.99 Å². The van der Waals surface area contributed by atoms with Gasteiger partial charge in [-0.15, -0.1) is 0 Å². The standard InChI is InChI=1S/C14H26N6O5S/c15-14(16)17-6-3-4-10(9-21)18-12(22)8-20-7-2-1-5-11(13(20)23)19-26(24)25/h9-11,19H,1-8H2,(H,18,22)(H,24,25)(H4,15,16,17). The van der Waals surface area contributed by atoms with E-state index in [-0.39, 0.29) is 12.5 Å². The van der Waals surface area contributed by atoms with Gasteiger partial charge in [-0.25, -0.2) is 8.93 Å². The molecule has 3 atom stereocenters. The van der Waals surface area contributed by atoms with Crippen LogP contribution in [0.1, 0.15) is 32.1 Å². The highest BCUT2D eigenvalue weighted by molar-refractivity contribution is 7.77. The Morgan fingerprint density at radius 1 is 1.46 bits per heavy atom. The number of nitrogens with zero attached hydrogens (tertiary/aromatic N) is 2. The van der Waals surface area contributed by atoms with Gasteiger partial charge in [-0.05, 0) is 32.1 Å². The largest absolute Gasteiger partial charge is 0.370 e. The number of likely N-dealkylation sites (tertiary alicyclic amines) is 1. The van der Waals surface area contributed by atoms with Crippen LogP contribution in [0.5, 0.6) is 0 Å². The molecular weight excluding hydrogens is 364 g/mol. The Bertz CT molecular complexity index is 554. The van der Waals surface area contributed by atoms with Crippen molar-refractivity contribution in [3.8, 4) is 0 Å². The third kappa shape index (κ3) is 8.36. The normalized spacial score (nSPS) is 20.0. The minimum atomic E-state index is -2.31. The third-order valence-corrected chi connectivity index (χ3v) is 4.32. The number of amides is 2. The molecule has 26 heavy (non-hydrogen) atoms. The Hall–Kier alpha value is -2.05. The minimum Gasteiger partial charge on any atom is -0.370 e. The molecule has 0 aromatic rings. The molecule has 3 unspecified atom stereocenters. The lowest BCUT2D eigenvalue weighted by molar-refractivity contribution is -0.137. The first kappa shape index (κ1) is 22.0. The van der Waals surface area contributed by atoms with Crippen LogP contribution in [0.3, 0.4) is 0 Å². The van der Waals surface area contributed by atoms with E-state index in [2.05, 4.69) is 15.0 Å². The second-order valence-corrected chi connectivity index (χ2v) is 6.67. The van der Waals surface area contributed by atoms with E-state index < -0.39 is 35.2 Å². The lowest BCUT2D eigenvalue weighted by Gasteiger charge is -2.24. The summed E-state index contributed by atoms with van der Waals surface area (Å²) in [5.74, 6) is -0.915. The molecule has 0 spiro atoms. The maximum Gasteiger partial charge on any atom is 0.241 e. The quantitative estimate of drug-likeness (QED) is 0.0925. The molecule has 1 aliphatic rings. The van der Waals surface area contributed by atoms with Crippen LogP contribution in [-0.4, -0.2) is 69.4 Å². The number of carbonyl (C=O) groups excluding carboxylic acids is 3. The molecule has 1 fully saturated rings. The zero-order valence-corrected chi connectivity index (χ0v) is 15.2. The van der Waals surface area contributed by atoms with Gasteiger partial charge in [0.2, 0.25) is 23.1 Å². The Balaban J connectivity index is 2.52. The van der Waals surface area contributed by atoms with Crippen LogP contribution in [0.2, 0.25) is 0 Å². The molecule has 148 valence electrons. The number of rotatable bonds is 10. The van der Waals surface area contributed by atoms with Gasteiger partial charge in [-0.1, -0.05) is 0 Å². The molecule has 0 aromatic heterocycles. The zero-order valence-electron chi connectivity index (χ0n) is 14.4. The van der Waals surface area contributed by atoms with Gasteiger partial charge in [0.25, 0.3) is 0 Å². The first-order chi connectivity index (χ1) is 12.3. The second-order valence-electron chi connectivity index (χ2n) is 5.93. The van der Waals surface area contributed by atoms with Crippen molar-refractivity contribution in [1.82, 2.24) is 14.9 Å². The topological polar surface area (TPSA) is 180 Å². The summed E-state index contributed by atoms with van der Waals surface area (Å²) >= 11 is -2.31. The van der Waals surface area contributed by atoms with Crippen LogP contribution in [0.4, 0.5) is 0 Å². The maximum atomic E-state index is 12.4. The van der Waals surface area contributed by atoms with E-state index in [0.717, 1.165) is 0 Å². The summed E-state index contributed by atoms with van der Waals surface area (Å²) in [5.41, 5.74) is 10.4. The highest BCUT2D eigenvalue weighted by Crippen LogP contribution is 2.12. The van der Waals surface area contributed by atoms with E-state index in [0.29, 0.717) is 51.5 Å². The van der Waals surface area contributed by atoms with Crippen LogP contribution >= 0.6 is 0 Å². The highest BCUT2D eigenvalue weighted by atomic mass is 32.2. The Labute approximate surface area is 154 Å². The summed E-state index contributed by atoms with van der Waals surface area (Å²) in [7, 11) is 0. The van der Waals surface area contributed by atoms with Crippen molar-refractivity contribution >= 4 is 35.3 Å². The fraction of sp³-hybridized carbons (Fsp3) is 0.714. The molecule has 0 radical (unpaired) electrons. The second kappa shape index (κ2) is 11.5. The molecule has 12 heteroatoms. The van der Waals surface area contributed by atoms with Gasteiger partial charge < -0.3 is 26.5 Å². The van der Waals surface area contributed by atoms with Crippen molar-refractivity contribution in [2.45, 2.75) is 44.2 Å². The fourth-order valence-corrected chi connectivity index (χ4v) is 3.07. The zero-order chi connectivity index (χ0) is 19.5. The van der Waals surface area contributed by atoms with Gasteiger partial charge in [-0.2, -0.15) is 0 Å². The van der Waals surface area contributed by atoms with Crippen molar-refractivity contribution in [3.05, 3.63) is 0 Å². The van der Waals surface area contributed by atoms with Crippen molar-refractivity contribution in [1.29, 1.82) is 0 Å². The summed E-state index contributed by atoms with van der Waals surface area (Å²) in [6.45, 7) is 0.505. The summed E-state index contributed by atoms with van der Waals surface area (Å²) in [5, 5.41) is 2.56. The fourth-order valence-electron chi connectivity index (χ4n) is 2.61. The van der Waals surface area contributed by atoms with Crippen molar-refractivity contribution < 1.29 is 23.1 Å². The van der Waals surface area contributed by atoms with E-state index in [1.54, 1.807) is 0 Å². The first-order valence-electron chi connectivity index (χ1n) is 8.29. The van der Waals surface area contributed by atoms with E-state index in [9.17, 15) is 18.6 Å². The third-order valence-electron chi connectivity index (χ3n) is 3.84. The lowest BCUT2D eigenvalue weighted by atomic mass is 10.1. The van der Waals surface area contributed by atoms with Crippen molar-refractivity contribution in [2.75, 3.05) is 19.6 Å². The Kier molecular flexibility index (Phi) is 9.76. The van der Waals surface area contributed by atoms with Crippen molar-refractivity contribution in [2.24, 2.45) is 16.5 Å². The van der Waals surface area contributed by atoms with Gasteiger partial charge in [0.1, 0.15) is 12.3 Å². The molecule has 2 amide bonds. The number of nitrogens with one attached hydrogen (secondary N) is 2. The Morgan fingerprint density at radius 3 is 2.81 bits per heavy atom. The Morgan fingerprint density at radius 2 is 2.19 bits per heavy atom. The summed E-state index contributed by atoms with van der Waals surface area (Å²) in [6.07, 6.45) is 3.31. The summed E-state index contributed by atoms with van der Waals surface area (Å²) in [6, 6.07) is -1.50. The predicted molar refractivity (Wildman–Crippen MR) is 96.0 cm³/mol. The number of hydrogen-bond acceptors (Lipinski definition) is 5. The molecule has 1 aliphatic heterocycles. The van der Waals surface area contributed by atoms with Gasteiger partial charge in [0.15, 0.2) is 5.96 Å². The molecule has 11 nitrogen and oxygen atoms in total. The number of nitrogens with two attached hydrogens (primary N) is 2. The number of guanidine groups is 1. The highest BCUT2D eigenvalue weighted by Gasteiger charge is 2.29. The maximum absolute atomic E-state index is 12.4. The molecule has 1 saturated heterocycles. The molecular formula is C14H26N6O5S. The minimum absolute atomic E-state index is 0.0386. The molecule has 0 aromatic carbocycles.